The Kier molecular flexibility index (Phi) is 4.02. The maximum absolute atomic E-state index is 11.7. The van der Waals surface area contributed by atoms with E-state index in [1.54, 1.807) is 0 Å². The highest BCUT2D eigenvalue weighted by Crippen LogP contribution is 2.22. The van der Waals surface area contributed by atoms with Gasteiger partial charge in [-0.15, -0.1) is 0 Å². The minimum Gasteiger partial charge on any atom is -0.233 e. The van der Waals surface area contributed by atoms with Gasteiger partial charge in [0.05, 0.1) is 0 Å². The van der Waals surface area contributed by atoms with Gasteiger partial charge in [-0.25, -0.2) is 8.51 Å². The predicted octanol–water partition coefficient (Wildman–Crippen LogP) is 1.51. The summed E-state index contributed by atoms with van der Waals surface area (Å²) < 4.78 is 46.6. The quantitative estimate of drug-likeness (QED) is 0.659. The highest BCUT2D eigenvalue weighted by molar-refractivity contribution is 7.83. The first-order chi connectivity index (χ1) is 4.93. The van der Waals surface area contributed by atoms with Crippen molar-refractivity contribution < 1.29 is 17.4 Å². The first-order valence-electron chi connectivity index (χ1n) is 3.17. The third kappa shape index (κ3) is 3.20. The summed E-state index contributed by atoms with van der Waals surface area (Å²) in [6, 6.07) is 0. The van der Waals surface area contributed by atoms with Crippen molar-refractivity contribution in [1.29, 1.82) is 0 Å². The Bertz CT molecular complexity index is 143. The molecule has 68 valence electrons. The summed E-state index contributed by atoms with van der Waals surface area (Å²) in [5.74, 6) is 0. The first-order valence-corrected chi connectivity index (χ1v) is 4.27. The molecule has 0 aliphatic rings. The second-order valence-electron chi connectivity index (χ2n) is 1.81. The van der Waals surface area contributed by atoms with E-state index in [1.807, 2.05) is 0 Å². The number of alkyl halides is 3. The van der Waals surface area contributed by atoms with E-state index >= 15 is 0 Å². The molecule has 0 aliphatic carbocycles. The van der Waals surface area contributed by atoms with Crippen LogP contribution < -0.4 is 0 Å². The van der Waals surface area contributed by atoms with Gasteiger partial charge in [0.15, 0.2) is 0 Å². The summed E-state index contributed by atoms with van der Waals surface area (Å²) in [5, 5.41) is 0. The summed E-state index contributed by atoms with van der Waals surface area (Å²) in [5.41, 5.74) is -4.62. The fraction of sp³-hybridized carbons (Fsp3) is 1.00. The highest BCUT2D eigenvalue weighted by Gasteiger charge is 2.40. The first kappa shape index (κ1) is 10.9. The molecule has 0 rings (SSSR count). The van der Waals surface area contributed by atoms with Crippen LogP contribution in [0.4, 0.5) is 13.2 Å². The van der Waals surface area contributed by atoms with E-state index in [0.717, 1.165) is 4.31 Å². The number of hydrogen-bond acceptors (Lipinski definition) is 1. The second-order valence-corrected chi connectivity index (χ2v) is 3.29. The highest BCUT2D eigenvalue weighted by atomic mass is 32.2. The van der Waals surface area contributed by atoms with Crippen molar-refractivity contribution >= 4 is 11.0 Å². The van der Waals surface area contributed by atoms with Crippen molar-refractivity contribution in [2.24, 2.45) is 0 Å². The van der Waals surface area contributed by atoms with Gasteiger partial charge in [0.1, 0.15) is 0 Å². The van der Waals surface area contributed by atoms with Crippen molar-refractivity contribution in [1.82, 2.24) is 4.31 Å². The molecular weight excluding hydrogens is 179 g/mol. The second kappa shape index (κ2) is 4.06. The van der Waals surface area contributed by atoms with Crippen LogP contribution in [0.3, 0.4) is 0 Å². The maximum atomic E-state index is 11.7. The van der Waals surface area contributed by atoms with Gasteiger partial charge in [0.2, 0.25) is 11.0 Å². The van der Waals surface area contributed by atoms with E-state index in [1.165, 1.54) is 13.8 Å². The van der Waals surface area contributed by atoms with Gasteiger partial charge in [-0.2, -0.15) is 13.2 Å². The fourth-order valence-corrected chi connectivity index (χ4v) is 1.37. The zero-order chi connectivity index (χ0) is 9.07. The number of rotatable bonds is 3. The summed E-state index contributed by atoms with van der Waals surface area (Å²) >= 11 is 0. The van der Waals surface area contributed by atoms with Crippen molar-refractivity contribution in [2.45, 2.75) is 19.4 Å². The molecule has 0 N–H and O–H groups in total. The summed E-state index contributed by atoms with van der Waals surface area (Å²) in [7, 11) is -2.84. The van der Waals surface area contributed by atoms with E-state index in [0.29, 0.717) is 0 Å². The molecule has 1 atom stereocenters. The molecule has 1 unspecified atom stereocenters. The minimum atomic E-state index is -4.62. The fourth-order valence-electron chi connectivity index (χ4n) is 0.605. The Balaban J connectivity index is 4.22. The van der Waals surface area contributed by atoms with Crippen molar-refractivity contribution in [3.8, 4) is 0 Å². The van der Waals surface area contributed by atoms with Crippen LogP contribution in [0.2, 0.25) is 0 Å². The molecule has 0 saturated heterocycles. The van der Waals surface area contributed by atoms with Gasteiger partial charge in [-0.05, 0) is 0 Å². The zero-order valence-electron chi connectivity index (χ0n) is 6.31. The molecule has 0 bridgehead atoms. The smallest absolute Gasteiger partial charge is 0.233 e. The normalized spacial score (nSPS) is 15.5. The summed E-state index contributed by atoms with van der Waals surface area (Å²) in [4.78, 5) is 0. The van der Waals surface area contributed by atoms with Crippen LogP contribution in [-0.4, -0.2) is 27.1 Å². The monoisotopic (exact) mass is 189 g/mol. The number of nitrogens with zero attached hydrogens (tertiary/aromatic N) is 1. The lowest BCUT2D eigenvalue weighted by atomic mass is 10.7. The third-order valence-electron chi connectivity index (χ3n) is 1.14. The Labute approximate surface area is 66.0 Å². The summed E-state index contributed by atoms with van der Waals surface area (Å²) in [6.45, 7) is 3.35. The van der Waals surface area contributed by atoms with E-state index < -0.39 is 16.5 Å². The number of halogens is 3. The number of hydrogen-bond donors (Lipinski definition) is 0. The van der Waals surface area contributed by atoms with Gasteiger partial charge >= 0.3 is 5.51 Å². The van der Waals surface area contributed by atoms with Crippen molar-refractivity contribution in [2.75, 3.05) is 13.1 Å². The molecule has 0 aromatic heterocycles. The molecule has 6 heteroatoms. The topological polar surface area (TPSA) is 20.3 Å². The van der Waals surface area contributed by atoms with Crippen molar-refractivity contribution in [3.05, 3.63) is 0 Å². The average molecular weight is 189 g/mol. The minimum absolute atomic E-state index is 0.141. The zero-order valence-corrected chi connectivity index (χ0v) is 7.13. The maximum Gasteiger partial charge on any atom is 0.485 e. The van der Waals surface area contributed by atoms with Crippen LogP contribution in [0.25, 0.3) is 0 Å². The van der Waals surface area contributed by atoms with E-state index in [-0.39, 0.29) is 13.1 Å². The van der Waals surface area contributed by atoms with Crippen LogP contribution in [0, 0.1) is 0 Å². The molecule has 0 spiro atoms. The third-order valence-corrected chi connectivity index (χ3v) is 2.52. The molecule has 0 heterocycles. The lowest BCUT2D eigenvalue weighted by molar-refractivity contribution is -0.0426. The molecule has 0 saturated carbocycles. The molecule has 0 amide bonds. The standard InChI is InChI=1S/C5H10F3NOS/c1-3-9(4-2)11(10)5(6,7)8/h3-4H2,1-2H3. The van der Waals surface area contributed by atoms with Gasteiger partial charge in [-0.3, -0.25) is 0 Å². The molecule has 0 radical (unpaired) electrons. The van der Waals surface area contributed by atoms with Crippen LogP contribution in [0.5, 0.6) is 0 Å². The lowest BCUT2D eigenvalue weighted by Gasteiger charge is -2.17. The van der Waals surface area contributed by atoms with Gasteiger partial charge in [0.25, 0.3) is 0 Å². The average Bonchev–Trinajstić information content (AvgIpc) is 1.88. The SMILES string of the molecule is CCN(CC)S(=O)C(F)(F)F. The Morgan fingerprint density at radius 1 is 1.27 bits per heavy atom. The van der Waals surface area contributed by atoms with E-state index in [9.17, 15) is 17.4 Å². The van der Waals surface area contributed by atoms with Crippen LogP contribution >= 0.6 is 0 Å². The molecular formula is C5H10F3NOS. The Morgan fingerprint density at radius 3 is 1.73 bits per heavy atom. The summed E-state index contributed by atoms with van der Waals surface area (Å²) in [6.07, 6.45) is 0. The Morgan fingerprint density at radius 2 is 1.64 bits per heavy atom. The predicted molar refractivity (Wildman–Crippen MR) is 37.1 cm³/mol. The largest absolute Gasteiger partial charge is 0.485 e. The Hall–Kier alpha value is -0.100. The molecule has 11 heavy (non-hydrogen) atoms. The molecule has 0 aliphatic heterocycles. The van der Waals surface area contributed by atoms with Crippen LogP contribution in [-0.2, 0) is 11.0 Å². The van der Waals surface area contributed by atoms with Gasteiger partial charge < -0.3 is 0 Å². The lowest BCUT2D eigenvalue weighted by Crippen LogP contribution is -2.34. The molecule has 2 nitrogen and oxygen atoms in total. The van der Waals surface area contributed by atoms with Gasteiger partial charge in [-0.1, -0.05) is 13.8 Å². The molecule has 0 aromatic carbocycles. The molecule has 0 aromatic rings. The molecule has 0 fully saturated rings. The van der Waals surface area contributed by atoms with E-state index in [2.05, 4.69) is 0 Å². The van der Waals surface area contributed by atoms with Crippen LogP contribution in [0.1, 0.15) is 13.8 Å². The van der Waals surface area contributed by atoms with Gasteiger partial charge in [0, 0.05) is 13.1 Å². The van der Waals surface area contributed by atoms with Crippen molar-refractivity contribution in [3.63, 3.8) is 0 Å². The van der Waals surface area contributed by atoms with E-state index in [4.69, 9.17) is 0 Å². The van der Waals surface area contributed by atoms with Crippen LogP contribution in [0.15, 0.2) is 0 Å².